The molecule has 142 valence electrons. The smallest absolute Gasteiger partial charge is 0.213 e. The average molecular weight is 366 g/mol. The van der Waals surface area contributed by atoms with Crippen molar-refractivity contribution in [3.63, 3.8) is 0 Å². The molecule has 1 atom stereocenters. The van der Waals surface area contributed by atoms with Gasteiger partial charge in [0.1, 0.15) is 11.9 Å². The Morgan fingerprint density at radius 1 is 1.26 bits per heavy atom. The van der Waals surface area contributed by atoms with Gasteiger partial charge < -0.3 is 20.1 Å². The molecule has 0 spiro atoms. The third-order valence-corrected chi connectivity index (χ3v) is 4.86. The summed E-state index contributed by atoms with van der Waals surface area (Å²) in [6, 6.07) is 12.2. The molecule has 1 aliphatic heterocycles. The van der Waals surface area contributed by atoms with Gasteiger partial charge in [-0.05, 0) is 42.0 Å². The SMILES string of the molecule is CN=C(NCc1ccnc(OCC2CC2)c1)NCC1Cc2ccccc2O1. The van der Waals surface area contributed by atoms with Crippen molar-refractivity contribution >= 4 is 5.96 Å². The van der Waals surface area contributed by atoms with Crippen molar-refractivity contribution in [1.29, 1.82) is 0 Å². The van der Waals surface area contributed by atoms with E-state index < -0.39 is 0 Å². The molecule has 4 rings (SSSR count). The number of hydrogen-bond donors (Lipinski definition) is 2. The first kappa shape index (κ1) is 17.6. The summed E-state index contributed by atoms with van der Waals surface area (Å²) >= 11 is 0. The Kier molecular flexibility index (Phi) is 5.42. The summed E-state index contributed by atoms with van der Waals surface area (Å²) in [6.45, 7) is 2.14. The topological polar surface area (TPSA) is 67.8 Å². The van der Waals surface area contributed by atoms with Crippen LogP contribution in [0, 0.1) is 5.92 Å². The molecule has 1 aromatic heterocycles. The minimum absolute atomic E-state index is 0.129. The Hall–Kier alpha value is -2.76. The Morgan fingerprint density at radius 3 is 2.96 bits per heavy atom. The summed E-state index contributed by atoms with van der Waals surface area (Å²) in [4.78, 5) is 8.58. The molecular weight excluding hydrogens is 340 g/mol. The Balaban J connectivity index is 1.23. The molecular formula is C21H26N4O2. The highest BCUT2D eigenvalue weighted by atomic mass is 16.5. The maximum absolute atomic E-state index is 5.96. The second-order valence-electron chi connectivity index (χ2n) is 7.12. The van der Waals surface area contributed by atoms with Crippen LogP contribution in [0.15, 0.2) is 47.6 Å². The first-order valence-electron chi connectivity index (χ1n) is 9.57. The van der Waals surface area contributed by atoms with Crippen molar-refractivity contribution < 1.29 is 9.47 Å². The van der Waals surface area contributed by atoms with Crippen molar-refractivity contribution in [2.24, 2.45) is 10.9 Å². The summed E-state index contributed by atoms with van der Waals surface area (Å²) in [7, 11) is 1.77. The van der Waals surface area contributed by atoms with E-state index in [4.69, 9.17) is 9.47 Å². The standard InChI is InChI=1S/C21H26N4O2/c1-22-21(25-13-18-11-17-4-2-3-5-19(17)27-18)24-12-16-8-9-23-20(10-16)26-14-15-6-7-15/h2-5,8-10,15,18H,6-7,11-14H2,1H3,(H2,22,24,25). The van der Waals surface area contributed by atoms with Crippen LogP contribution < -0.4 is 20.1 Å². The fourth-order valence-corrected chi connectivity index (χ4v) is 3.11. The molecule has 0 saturated heterocycles. The summed E-state index contributed by atoms with van der Waals surface area (Å²) in [6.07, 6.45) is 5.40. The van der Waals surface area contributed by atoms with Gasteiger partial charge >= 0.3 is 0 Å². The molecule has 2 N–H and O–H groups in total. The van der Waals surface area contributed by atoms with Gasteiger partial charge in [0.15, 0.2) is 5.96 Å². The van der Waals surface area contributed by atoms with Gasteiger partial charge in [-0.1, -0.05) is 18.2 Å². The number of nitrogens with one attached hydrogen (secondary N) is 2. The number of rotatable bonds is 7. The highest BCUT2D eigenvalue weighted by Gasteiger charge is 2.23. The fourth-order valence-electron chi connectivity index (χ4n) is 3.11. The summed E-state index contributed by atoms with van der Waals surface area (Å²) in [5, 5.41) is 6.68. The lowest BCUT2D eigenvalue weighted by atomic mass is 10.1. The number of benzene rings is 1. The molecule has 6 heteroatoms. The Labute approximate surface area is 160 Å². The third kappa shape index (κ3) is 4.90. The number of aliphatic imine (C=N–C) groups is 1. The highest BCUT2D eigenvalue weighted by Crippen LogP contribution is 2.29. The van der Waals surface area contributed by atoms with E-state index in [-0.39, 0.29) is 6.10 Å². The zero-order valence-electron chi connectivity index (χ0n) is 15.6. The monoisotopic (exact) mass is 366 g/mol. The Morgan fingerprint density at radius 2 is 2.15 bits per heavy atom. The van der Waals surface area contributed by atoms with Gasteiger partial charge in [-0.25, -0.2) is 4.98 Å². The van der Waals surface area contributed by atoms with Crippen molar-refractivity contribution in [1.82, 2.24) is 15.6 Å². The van der Waals surface area contributed by atoms with Crippen molar-refractivity contribution in [3.8, 4) is 11.6 Å². The fraction of sp³-hybridized carbons (Fsp3) is 0.429. The maximum atomic E-state index is 5.96. The summed E-state index contributed by atoms with van der Waals surface area (Å²) < 4.78 is 11.7. The van der Waals surface area contributed by atoms with Gasteiger partial charge in [0.25, 0.3) is 0 Å². The lowest BCUT2D eigenvalue weighted by Crippen LogP contribution is -2.41. The molecule has 1 aromatic carbocycles. The van der Waals surface area contributed by atoms with Crippen molar-refractivity contribution in [2.75, 3.05) is 20.2 Å². The first-order chi connectivity index (χ1) is 13.3. The third-order valence-electron chi connectivity index (χ3n) is 4.86. The number of ether oxygens (including phenoxy) is 2. The first-order valence-corrected chi connectivity index (χ1v) is 9.57. The number of para-hydroxylation sites is 1. The number of guanidine groups is 1. The lowest BCUT2D eigenvalue weighted by molar-refractivity contribution is 0.235. The predicted octanol–water partition coefficient (Wildman–Crippen LogP) is 2.54. The van der Waals surface area contributed by atoms with Gasteiger partial charge in [0.2, 0.25) is 5.88 Å². The zero-order valence-corrected chi connectivity index (χ0v) is 15.6. The molecule has 27 heavy (non-hydrogen) atoms. The minimum atomic E-state index is 0.129. The van der Waals surface area contributed by atoms with E-state index in [0.717, 1.165) is 36.2 Å². The van der Waals surface area contributed by atoms with E-state index in [1.807, 2.05) is 24.3 Å². The van der Waals surface area contributed by atoms with E-state index >= 15 is 0 Å². The molecule has 1 unspecified atom stereocenters. The van der Waals surface area contributed by atoms with E-state index in [0.29, 0.717) is 19.0 Å². The van der Waals surface area contributed by atoms with Gasteiger partial charge in [-0.2, -0.15) is 0 Å². The predicted molar refractivity (Wildman–Crippen MR) is 105 cm³/mol. The van der Waals surface area contributed by atoms with Gasteiger partial charge in [0.05, 0.1) is 13.2 Å². The number of nitrogens with zero attached hydrogens (tertiary/aromatic N) is 2. The number of pyridine rings is 1. The van der Waals surface area contributed by atoms with Crippen LogP contribution in [0.4, 0.5) is 0 Å². The van der Waals surface area contributed by atoms with E-state index in [9.17, 15) is 0 Å². The molecule has 2 aliphatic rings. The molecule has 6 nitrogen and oxygen atoms in total. The molecule has 0 bridgehead atoms. The van der Waals surface area contributed by atoms with Crippen molar-refractivity contribution in [2.45, 2.75) is 31.9 Å². The van der Waals surface area contributed by atoms with E-state index in [1.54, 1.807) is 13.2 Å². The quantitative estimate of drug-likeness (QED) is 0.582. The molecule has 1 aliphatic carbocycles. The zero-order chi connectivity index (χ0) is 18.5. The van der Waals surface area contributed by atoms with Crippen LogP contribution in [0.25, 0.3) is 0 Å². The Bertz CT molecular complexity index is 779. The second-order valence-corrected chi connectivity index (χ2v) is 7.12. The van der Waals surface area contributed by atoms with Crippen LogP contribution in [0.5, 0.6) is 11.6 Å². The van der Waals surface area contributed by atoms with E-state index in [1.165, 1.54) is 18.4 Å². The van der Waals surface area contributed by atoms with Crippen LogP contribution in [0.1, 0.15) is 24.0 Å². The van der Waals surface area contributed by atoms with Crippen molar-refractivity contribution in [3.05, 3.63) is 53.7 Å². The van der Waals surface area contributed by atoms with Crippen LogP contribution in [-0.4, -0.2) is 37.2 Å². The number of fused-ring (bicyclic) bond motifs is 1. The lowest BCUT2D eigenvalue weighted by Gasteiger charge is -2.16. The highest BCUT2D eigenvalue weighted by molar-refractivity contribution is 5.79. The number of aromatic nitrogens is 1. The maximum Gasteiger partial charge on any atom is 0.213 e. The van der Waals surface area contributed by atoms with Crippen LogP contribution >= 0.6 is 0 Å². The van der Waals surface area contributed by atoms with Crippen LogP contribution in [0.3, 0.4) is 0 Å². The largest absolute Gasteiger partial charge is 0.488 e. The molecule has 0 amide bonds. The van der Waals surface area contributed by atoms with Gasteiger partial charge in [0, 0.05) is 32.3 Å². The molecule has 2 aromatic rings. The molecule has 1 saturated carbocycles. The summed E-state index contributed by atoms with van der Waals surface area (Å²) in [5.41, 5.74) is 2.38. The van der Waals surface area contributed by atoms with Crippen LogP contribution in [0.2, 0.25) is 0 Å². The van der Waals surface area contributed by atoms with Gasteiger partial charge in [-0.15, -0.1) is 0 Å². The van der Waals surface area contributed by atoms with E-state index in [2.05, 4.69) is 32.7 Å². The minimum Gasteiger partial charge on any atom is -0.488 e. The molecule has 2 heterocycles. The average Bonchev–Trinajstić information content (AvgIpc) is 3.44. The summed E-state index contributed by atoms with van der Waals surface area (Å²) in [5.74, 6) is 3.16. The normalized spacial score (nSPS) is 18.6. The molecule has 1 fully saturated rings. The second kappa shape index (κ2) is 8.29. The van der Waals surface area contributed by atoms with Crippen LogP contribution in [-0.2, 0) is 13.0 Å². The van der Waals surface area contributed by atoms with Gasteiger partial charge in [-0.3, -0.25) is 4.99 Å². The molecule has 0 radical (unpaired) electrons. The number of hydrogen-bond acceptors (Lipinski definition) is 4.